The molecular formula is C25H25NO3. The highest BCUT2D eigenvalue weighted by Crippen LogP contribution is 2.22. The van der Waals surface area contributed by atoms with Crippen LogP contribution >= 0.6 is 0 Å². The molecule has 1 heterocycles. The zero-order chi connectivity index (χ0) is 20.2. The molecule has 4 heteroatoms. The first-order valence-electron chi connectivity index (χ1n) is 9.94. The lowest BCUT2D eigenvalue weighted by Crippen LogP contribution is -2.28. The molecule has 0 aliphatic carbocycles. The fourth-order valence-corrected chi connectivity index (χ4v) is 3.79. The van der Waals surface area contributed by atoms with Crippen molar-refractivity contribution in [1.29, 1.82) is 0 Å². The van der Waals surface area contributed by atoms with E-state index in [9.17, 15) is 4.79 Å². The van der Waals surface area contributed by atoms with Crippen molar-refractivity contribution in [3.8, 4) is 0 Å². The minimum absolute atomic E-state index is 0.335. The molecule has 0 saturated carbocycles. The third-order valence-corrected chi connectivity index (χ3v) is 5.20. The molecule has 4 aromatic rings. The Bertz CT molecular complexity index is 1150. The fourth-order valence-electron chi connectivity index (χ4n) is 3.79. The van der Waals surface area contributed by atoms with E-state index in [0.29, 0.717) is 13.0 Å². The topological polar surface area (TPSA) is 51.3 Å². The molecule has 0 fully saturated rings. The number of benzene rings is 3. The van der Waals surface area contributed by atoms with Crippen molar-refractivity contribution >= 4 is 27.6 Å². The summed E-state index contributed by atoms with van der Waals surface area (Å²) >= 11 is 0. The summed E-state index contributed by atoms with van der Waals surface area (Å²) in [7, 11) is 1.39. The predicted octanol–water partition coefficient (Wildman–Crippen LogP) is 5.03. The van der Waals surface area contributed by atoms with Gasteiger partial charge in [-0.1, -0.05) is 48.5 Å². The molecule has 148 valence electrons. The summed E-state index contributed by atoms with van der Waals surface area (Å²) in [5, 5.41) is 3.65. The zero-order valence-corrected chi connectivity index (χ0v) is 16.8. The summed E-state index contributed by atoms with van der Waals surface area (Å²) in [4.78, 5) is 15.4. The average molecular weight is 387 g/mol. The van der Waals surface area contributed by atoms with E-state index < -0.39 is 6.10 Å². The Balaban J connectivity index is 1.55. The first-order valence-corrected chi connectivity index (χ1v) is 9.94. The van der Waals surface area contributed by atoms with Crippen molar-refractivity contribution in [2.45, 2.75) is 25.9 Å². The minimum atomic E-state index is -0.571. The van der Waals surface area contributed by atoms with Gasteiger partial charge in [-0.15, -0.1) is 0 Å². The maximum absolute atomic E-state index is 11.9. The number of aromatic amines is 1. The molecule has 3 aromatic carbocycles. The van der Waals surface area contributed by atoms with Crippen LogP contribution in [-0.2, 0) is 27.1 Å². The van der Waals surface area contributed by atoms with Crippen LogP contribution in [0, 0.1) is 0 Å². The number of hydrogen-bond acceptors (Lipinski definition) is 3. The largest absolute Gasteiger partial charge is 0.467 e. The smallest absolute Gasteiger partial charge is 0.335 e. The molecule has 4 rings (SSSR count). The van der Waals surface area contributed by atoms with Gasteiger partial charge >= 0.3 is 5.97 Å². The lowest BCUT2D eigenvalue weighted by Gasteiger charge is -2.14. The van der Waals surface area contributed by atoms with Crippen molar-refractivity contribution in [3.05, 3.63) is 83.6 Å². The molecule has 0 bridgehead atoms. The maximum Gasteiger partial charge on any atom is 0.335 e. The quantitative estimate of drug-likeness (QED) is 0.452. The summed E-state index contributed by atoms with van der Waals surface area (Å²) in [5.74, 6) is -0.335. The van der Waals surface area contributed by atoms with E-state index in [-0.39, 0.29) is 5.97 Å². The van der Waals surface area contributed by atoms with Crippen molar-refractivity contribution in [3.63, 3.8) is 0 Å². The maximum atomic E-state index is 11.9. The number of nitrogens with one attached hydrogen (secondary N) is 1. The van der Waals surface area contributed by atoms with Crippen LogP contribution in [0.3, 0.4) is 0 Å². The number of carbonyl (C=O) groups is 1. The van der Waals surface area contributed by atoms with Crippen LogP contribution < -0.4 is 0 Å². The van der Waals surface area contributed by atoms with E-state index in [1.54, 1.807) is 0 Å². The number of ether oxygens (including phenoxy) is 2. The van der Waals surface area contributed by atoms with Crippen molar-refractivity contribution < 1.29 is 14.3 Å². The van der Waals surface area contributed by atoms with Crippen LogP contribution in [0.15, 0.2) is 66.7 Å². The highest BCUT2D eigenvalue weighted by Gasteiger charge is 2.20. The highest BCUT2D eigenvalue weighted by molar-refractivity contribution is 5.84. The average Bonchev–Trinajstić information content (AvgIpc) is 3.14. The second-order valence-electron chi connectivity index (χ2n) is 7.25. The van der Waals surface area contributed by atoms with Gasteiger partial charge in [0.25, 0.3) is 0 Å². The van der Waals surface area contributed by atoms with Gasteiger partial charge in [-0.05, 0) is 52.4 Å². The summed E-state index contributed by atoms with van der Waals surface area (Å²) in [6, 6.07) is 23.4. The summed E-state index contributed by atoms with van der Waals surface area (Å²) < 4.78 is 10.4. The molecule has 0 aliphatic heterocycles. The number of aromatic nitrogens is 1. The molecular weight excluding hydrogens is 362 g/mol. The number of esters is 1. The van der Waals surface area contributed by atoms with Crippen molar-refractivity contribution in [2.75, 3.05) is 13.7 Å². The Morgan fingerprint density at radius 3 is 2.48 bits per heavy atom. The first-order chi connectivity index (χ1) is 14.2. The molecule has 0 spiro atoms. The van der Waals surface area contributed by atoms with Crippen LogP contribution in [0.2, 0.25) is 0 Å². The molecule has 1 unspecified atom stereocenters. The lowest BCUT2D eigenvalue weighted by atomic mass is 10.0. The van der Waals surface area contributed by atoms with Gasteiger partial charge in [-0.25, -0.2) is 4.79 Å². The number of carbonyl (C=O) groups excluding carboxylic acids is 1. The number of H-pyrrole nitrogens is 1. The molecule has 29 heavy (non-hydrogen) atoms. The lowest BCUT2D eigenvalue weighted by molar-refractivity contribution is -0.153. The second-order valence-corrected chi connectivity index (χ2v) is 7.25. The first kappa shape index (κ1) is 19.2. The Morgan fingerprint density at radius 1 is 0.931 bits per heavy atom. The molecule has 0 amide bonds. The second kappa shape index (κ2) is 8.50. The van der Waals surface area contributed by atoms with E-state index in [1.807, 2.05) is 13.0 Å². The van der Waals surface area contributed by atoms with Crippen LogP contribution in [0.1, 0.15) is 23.7 Å². The molecule has 0 saturated heterocycles. The van der Waals surface area contributed by atoms with Gasteiger partial charge in [0.2, 0.25) is 0 Å². The number of rotatable bonds is 7. The third kappa shape index (κ3) is 4.33. The molecule has 1 N–H and O–H groups in total. The van der Waals surface area contributed by atoms with E-state index in [0.717, 1.165) is 22.9 Å². The van der Waals surface area contributed by atoms with Gasteiger partial charge in [0.1, 0.15) is 0 Å². The Labute approximate surface area is 170 Å². The number of methoxy groups -OCH3 is 1. The predicted molar refractivity (Wildman–Crippen MR) is 116 cm³/mol. The van der Waals surface area contributed by atoms with Crippen LogP contribution in [-0.4, -0.2) is 30.8 Å². The Kier molecular flexibility index (Phi) is 5.63. The van der Waals surface area contributed by atoms with E-state index in [1.165, 1.54) is 29.1 Å². The van der Waals surface area contributed by atoms with E-state index in [2.05, 4.69) is 65.6 Å². The van der Waals surface area contributed by atoms with Gasteiger partial charge in [0, 0.05) is 30.7 Å². The van der Waals surface area contributed by atoms with E-state index in [4.69, 9.17) is 9.47 Å². The molecule has 1 atom stereocenters. The molecule has 1 aromatic heterocycles. The van der Waals surface area contributed by atoms with Crippen LogP contribution in [0.25, 0.3) is 21.7 Å². The standard InChI is InChI=1S/C25H25NO3/c1-3-29-24(25(27)28-2)15-18-9-11-23-21(13-18)16-22(26-23)14-17-8-10-19-6-4-5-7-20(19)12-17/h4-13,16,24,26H,3,14-15H2,1-2H3. The minimum Gasteiger partial charge on any atom is -0.467 e. The zero-order valence-electron chi connectivity index (χ0n) is 16.8. The SMILES string of the molecule is CCOC(Cc1ccc2[nH]c(Cc3ccc4ccccc4c3)cc2c1)C(=O)OC. The fraction of sp³-hybridized carbons (Fsp3) is 0.240. The third-order valence-electron chi connectivity index (χ3n) is 5.20. The van der Waals surface area contributed by atoms with Crippen molar-refractivity contribution in [2.24, 2.45) is 0 Å². The van der Waals surface area contributed by atoms with E-state index >= 15 is 0 Å². The summed E-state index contributed by atoms with van der Waals surface area (Å²) in [5.41, 5.74) is 4.59. The number of fused-ring (bicyclic) bond motifs is 2. The molecule has 0 aliphatic rings. The van der Waals surface area contributed by atoms with Crippen molar-refractivity contribution in [1.82, 2.24) is 4.98 Å². The van der Waals surface area contributed by atoms with Crippen LogP contribution in [0.4, 0.5) is 0 Å². The van der Waals surface area contributed by atoms with Gasteiger partial charge in [-0.2, -0.15) is 0 Å². The summed E-state index contributed by atoms with van der Waals surface area (Å²) in [6.07, 6.45) is 0.777. The highest BCUT2D eigenvalue weighted by atomic mass is 16.6. The summed E-state index contributed by atoms with van der Waals surface area (Å²) in [6.45, 7) is 2.35. The normalized spacial score (nSPS) is 12.3. The van der Waals surface area contributed by atoms with Crippen LogP contribution in [0.5, 0.6) is 0 Å². The van der Waals surface area contributed by atoms with Gasteiger partial charge in [0.05, 0.1) is 7.11 Å². The van der Waals surface area contributed by atoms with Gasteiger partial charge in [0.15, 0.2) is 6.10 Å². The number of hydrogen-bond donors (Lipinski definition) is 1. The molecule has 4 nitrogen and oxygen atoms in total. The molecule has 0 radical (unpaired) electrons. The Morgan fingerprint density at radius 2 is 1.69 bits per heavy atom. The Hall–Kier alpha value is -3.11. The monoisotopic (exact) mass is 387 g/mol. The van der Waals surface area contributed by atoms with Gasteiger partial charge < -0.3 is 14.5 Å². The van der Waals surface area contributed by atoms with Gasteiger partial charge in [-0.3, -0.25) is 0 Å².